The smallest absolute Gasteiger partial charge is 0.00694 e. The first-order valence-electron chi connectivity index (χ1n) is 4.43. The molecule has 0 fully saturated rings. The molecular formula is C11H17P. The monoisotopic (exact) mass is 180 g/mol. The first kappa shape index (κ1) is 9.74. The third-order valence-corrected chi connectivity index (χ3v) is 3.21. The summed E-state index contributed by atoms with van der Waals surface area (Å²) in [4.78, 5) is 0. The average molecular weight is 180 g/mol. The summed E-state index contributed by atoms with van der Waals surface area (Å²) >= 11 is 0. The topological polar surface area (TPSA) is 0 Å². The Morgan fingerprint density at radius 2 is 1.92 bits per heavy atom. The Labute approximate surface area is 77.6 Å². The van der Waals surface area contributed by atoms with Crippen LogP contribution in [0, 0.1) is 6.92 Å². The summed E-state index contributed by atoms with van der Waals surface area (Å²) in [7, 11) is 2.94. The zero-order valence-corrected chi connectivity index (χ0v) is 9.25. The Kier molecular flexibility index (Phi) is 2.90. The van der Waals surface area contributed by atoms with Gasteiger partial charge >= 0.3 is 0 Å². The molecule has 0 saturated heterocycles. The van der Waals surface area contributed by atoms with Crippen molar-refractivity contribution in [3.05, 3.63) is 35.4 Å². The van der Waals surface area contributed by atoms with Gasteiger partial charge in [-0.25, -0.2) is 0 Å². The standard InChI is InChI=1S/C11H17P/c1-4-11(3,12)10-8-6-5-7-9(10)2/h5-8H,4,12H2,1-3H3/t11-/m1/s1. The predicted octanol–water partition coefficient (Wildman–Crippen LogP) is 3.50. The molecule has 0 nitrogen and oxygen atoms in total. The summed E-state index contributed by atoms with van der Waals surface area (Å²) < 4.78 is 0. The van der Waals surface area contributed by atoms with Crippen LogP contribution >= 0.6 is 9.24 Å². The van der Waals surface area contributed by atoms with E-state index in [1.54, 1.807) is 0 Å². The molecule has 1 aromatic carbocycles. The van der Waals surface area contributed by atoms with E-state index < -0.39 is 0 Å². The normalized spacial score (nSPS) is 15.7. The highest BCUT2D eigenvalue weighted by Gasteiger charge is 2.19. The molecule has 0 amide bonds. The quantitative estimate of drug-likeness (QED) is 0.611. The van der Waals surface area contributed by atoms with Gasteiger partial charge in [-0.3, -0.25) is 0 Å². The van der Waals surface area contributed by atoms with Crippen LogP contribution in [0.5, 0.6) is 0 Å². The van der Waals surface area contributed by atoms with E-state index in [1.807, 2.05) is 0 Å². The van der Waals surface area contributed by atoms with E-state index in [4.69, 9.17) is 0 Å². The van der Waals surface area contributed by atoms with Crippen molar-refractivity contribution in [3.63, 3.8) is 0 Å². The highest BCUT2D eigenvalue weighted by Crippen LogP contribution is 2.35. The summed E-state index contributed by atoms with van der Waals surface area (Å²) in [5, 5.41) is 0.241. The molecule has 0 aliphatic heterocycles. The van der Waals surface area contributed by atoms with Crippen molar-refractivity contribution >= 4 is 9.24 Å². The zero-order valence-electron chi connectivity index (χ0n) is 8.09. The van der Waals surface area contributed by atoms with Crippen LogP contribution < -0.4 is 0 Å². The molecule has 0 N–H and O–H groups in total. The molecule has 2 atom stereocenters. The summed E-state index contributed by atoms with van der Waals surface area (Å²) in [6, 6.07) is 8.59. The summed E-state index contributed by atoms with van der Waals surface area (Å²) in [6.07, 6.45) is 1.16. The third kappa shape index (κ3) is 1.87. The summed E-state index contributed by atoms with van der Waals surface area (Å²) in [6.45, 7) is 6.66. The van der Waals surface area contributed by atoms with Crippen LogP contribution in [-0.4, -0.2) is 0 Å². The van der Waals surface area contributed by atoms with Crippen LogP contribution in [0.4, 0.5) is 0 Å². The van der Waals surface area contributed by atoms with Gasteiger partial charge in [0.1, 0.15) is 0 Å². The second-order valence-electron chi connectivity index (χ2n) is 3.59. The summed E-state index contributed by atoms with van der Waals surface area (Å²) in [5.41, 5.74) is 2.83. The van der Waals surface area contributed by atoms with Crippen molar-refractivity contribution in [2.45, 2.75) is 32.3 Å². The number of rotatable bonds is 2. The fraction of sp³-hybridized carbons (Fsp3) is 0.455. The van der Waals surface area contributed by atoms with Crippen molar-refractivity contribution in [1.82, 2.24) is 0 Å². The third-order valence-electron chi connectivity index (χ3n) is 2.49. The van der Waals surface area contributed by atoms with Crippen molar-refractivity contribution in [3.8, 4) is 0 Å². The minimum atomic E-state index is 0.241. The first-order valence-corrected chi connectivity index (χ1v) is 5.00. The van der Waals surface area contributed by atoms with Crippen LogP contribution in [0.2, 0.25) is 0 Å². The minimum absolute atomic E-state index is 0.241. The maximum atomic E-state index is 2.94. The van der Waals surface area contributed by atoms with Gasteiger partial charge in [-0.1, -0.05) is 38.1 Å². The number of benzene rings is 1. The van der Waals surface area contributed by atoms with E-state index in [0.29, 0.717) is 0 Å². The number of aryl methyl sites for hydroxylation is 1. The second kappa shape index (κ2) is 3.58. The molecule has 1 rings (SSSR count). The van der Waals surface area contributed by atoms with Gasteiger partial charge in [-0.2, -0.15) is 0 Å². The lowest BCUT2D eigenvalue weighted by Crippen LogP contribution is -2.12. The molecule has 1 aromatic rings. The largest absolute Gasteiger partial charge is 0.127 e. The molecule has 12 heavy (non-hydrogen) atoms. The number of hydrogen-bond donors (Lipinski definition) is 0. The molecule has 0 bridgehead atoms. The van der Waals surface area contributed by atoms with Crippen LogP contribution in [0.25, 0.3) is 0 Å². The van der Waals surface area contributed by atoms with E-state index in [2.05, 4.69) is 54.3 Å². The molecule has 0 aromatic heterocycles. The van der Waals surface area contributed by atoms with E-state index >= 15 is 0 Å². The van der Waals surface area contributed by atoms with Crippen LogP contribution in [0.3, 0.4) is 0 Å². The Hall–Kier alpha value is -0.350. The molecule has 66 valence electrons. The van der Waals surface area contributed by atoms with Crippen molar-refractivity contribution in [1.29, 1.82) is 0 Å². The van der Waals surface area contributed by atoms with E-state index in [-0.39, 0.29) is 5.16 Å². The molecule has 0 saturated carbocycles. The zero-order chi connectivity index (χ0) is 9.19. The Bertz CT molecular complexity index is 263. The van der Waals surface area contributed by atoms with Crippen molar-refractivity contribution in [2.75, 3.05) is 0 Å². The molecule has 0 aliphatic rings. The maximum Gasteiger partial charge on any atom is 0.00694 e. The van der Waals surface area contributed by atoms with Gasteiger partial charge in [-0.05, 0) is 24.5 Å². The number of hydrogen-bond acceptors (Lipinski definition) is 0. The molecule has 0 radical (unpaired) electrons. The fourth-order valence-corrected chi connectivity index (χ4v) is 1.73. The van der Waals surface area contributed by atoms with E-state index in [1.165, 1.54) is 11.1 Å². The van der Waals surface area contributed by atoms with Crippen LogP contribution in [0.1, 0.15) is 31.4 Å². The predicted molar refractivity (Wildman–Crippen MR) is 58.5 cm³/mol. The van der Waals surface area contributed by atoms with Gasteiger partial charge in [0.2, 0.25) is 0 Å². The van der Waals surface area contributed by atoms with Crippen LogP contribution in [0.15, 0.2) is 24.3 Å². The van der Waals surface area contributed by atoms with Gasteiger partial charge < -0.3 is 0 Å². The van der Waals surface area contributed by atoms with Crippen molar-refractivity contribution < 1.29 is 0 Å². The maximum absolute atomic E-state index is 2.94. The highest BCUT2D eigenvalue weighted by molar-refractivity contribution is 7.18. The average Bonchev–Trinajstić information content (AvgIpc) is 2.05. The Morgan fingerprint density at radius 3 is 2.42 bits per heavy atom. The second-order valence-corrected chi connectivity index (χ2v) is 4.86. The Morgan fingerprint density at radius 1 is 1.33 bits per heavy atom. The molecule has 0 spiro atoms. The van der Waals surface area contributed by atoms with Gasteiger partial charge in [0.25, 0.3) is 0 Å². The molecule has 1 unspecified atom stereocenters. The van der Waals surface area contributed by atoms with Crippen LogP contribution in [-0.2, 0) is 5.16 Å². The SMILES string of the molecule is CC[C@@](C)(P)c1ccccc1C. The lowest BCUT2D eigenvalue weighted by atomic mass is 9.93. The molecule has 0 aliphatic carbocycles. The lowest BCUT2D eigenvalue weighted by Gasteiger charge is -2.24. The van der Waals surface area contributed by atoms with Gasteiger partial charge in [-0.15, -0.1) is 9.24 Å². The minimum Gasteiger partial charge on any atom is -0.127 e. The van der Waals surface area contributed by atoms with Gasteiger partial charge in [0.05, 0.1) is 0 Å². The molecule has 0 heterocycles. The van der Waals surface area contributed by atoms with Gasteiger partial charge in [0, 0.05) is 5.16 Å². The Balaban J connectivity index is 3.10. The lowest BCUT2D eigenvalue weighted by molar-refractivity contribution is 0.660. The molecule has 1 heteroatoms. The highest BCUT2D eigenvalue weighted by atomic mass is 31.0. The molecular weight excluding hydrogens is 163 g/mol. The first-order chi connectivity index (χ1) is 5.58. The van der Waals surface area contributed by atoms with E-state index in [0.717, 1.165) is 6.42 Å². The summed E-state index contributed by atoms with van der Waals surface area (Å²) in [5.74, 6) is 0. The van der Waals surface area contributed by atoms with Crippen molar-refractivity contribution in [2.24, 2.45) is 0 Å². The fourth-order valence-electron chi connectivity index (χ4n) is 1.40. The van der Waals surface area contributed by atoms with Gasteiger partial charge in [0.15, 0.2) is 0 Å². The van der Waals surface area contributed by atoms with E-state index in [9.17, 15) is 0 Å².